The summed E-state index contributed by atoms with van der Waals surface area (Å²) in [6, 6.07) is 5.18. The number of hydrogen-bond acceptors (Lipinski definition) is 3. The maximum Gasteiger partial charge on any atom is 0.123 e. The van der Waals surface area contributed by atoms with Crippen molar-refractivity contribution in [3.05, 3.63) is 48.3 Å². The maximum absolute atomic E-state index is 13.4. The van der Waals surface area contributed by atoms with Crippen molar-refractivity contribution in [2.45, 2.75) is 26.4 Å². The summed E-state index contributed by atoms with van der Waals surface area (Å²) in [7, 11) is 0. The lowest BCUT2D eigenvalue weighted by Gasteiger charge is -2.12. The summed E-state index contributed by atoms with van der Waals surface area (Å²) in [5, 5.41) is 3.33. The Bertz CT molecular complexity index is 512. The molecule has 1 heterocycles. The summed E-state index contributed by atoms with van der Waals surface area (Å²) >= 11 is 0. The van der Waals surface area contributed by atoms with E-state index in [0.717, 1.165) is 16.7 Å². The van der Waals surface area contributed by atoms with Crippen LogP contribution in [0.25, 0.3) is 11.1 Å². The number of nitrogens with one attached hydrogen (secondary N) is 1. The van der Waals surface area contributed by atoms with Gasteiger partial charge in [-0.3, -0.25) is 0 Å². The fraction of sp³-hybridized carbons (Fsp3) is 0.286. The van der Waals surface area contributed by atoms with Crippen LogP contribution >= 0.6 is 0 Å². The van der Waals surface area contributed by atoms with Gasteiger partial charge < -0.3 is 5.32 Å². The zero-order valence-electron chi connectivity index (χ0n) is 10.5. The highest BCUT2D eigenvalue weighted by atomic mass is 19.1. The molecule has 1 aromatic heterocycles. The molecule has 0 aliphatic rings. The molecule has 2 aromatic rings. The van der Waals surface area contributed by atoms with E-state index in [9.17, 15) is 4.39 Å². The molecule has 1 N–H and O–H groups in total. The molecule has 0 aliphatic carbocycles. The van der Waals surface area contributed by atoms with Gasteiger partial charge in [0.05, 0.1) is 0 Å². The zero-order valence-corrected chi connectivity index (χ0v) is 10.5. The Morgan fingerprint density at radius 2 is 1.94 bits per heavy atom. The lowest BCUT2D eigenvalue weighted by Crippen LogP contribution is -2.22. The molecule has 0 spiro atoms. The van der Waals surface area contributed by atoms with Crippen molar-refractivity contribution < 1.29 is 4.39 Å². The standard InChI is InChI=1S/C14H16FN3/c1-10(2)18-8-11-3-4-13(15)5-14(11)12-6-16-9-17-7-12/h3-7,9-10,18H,8H2,1-2H3. The monoisotopic (exact) mass is 245 g/mol. The van der Waals surface area contributed by atoms with E-state index in [1.807, 2.05) is 0 Å². The van der Waals surface area contributed by atoms with E-state index in [4.69, 9.17) is 0 Å². The fourth-order valence-corrected chi connectivity index (χ4v) is 1.72. The van der Waals surface area contributed by atoms with E-state index < -0.39 is 0 Å². The molecule has 18 heavy (non-hydrogen) atoms. The van der Waals surface area contributed by atoms with E-state index in [0.29, 0.717) is 12.6 Å². The molecule has 0 aliphatic heterocycles. The zero-order chi connectivity index (χ0) is 13.0. The van der Waals surface area contributed by atoms with Crippen LogP contribution in [0.5, 0.6) is 0 Å². The Labute approximate surface area is 106 Å². The third kappa shape index (κ3) is 3.11. The van der Waals surface area contributed by atoms with Gasteiger partial charge in [-0.1, -0.05) is 19.9 Å². The lowest BCUT2D eigenvalue weighted by molar-refractivity contribution is 0.587. The Balaban J connectivity index is 2.35. The van der Waals surface area contributed by atoms with Crippen molar-refractivity contribution in [3.63, 3.8) is 0 Å². The Hall–Kier alpha value is -1.81. The van der Waals surface area contributed by atoms with Crippen molar-refractivity contribution in [3.8, 4) is 11.1 Å². The summed E-state index contributed by atoms with van der Waals surface area (Å²) < 4.78 is 13.4. The first-order chi connectivity index (χ1) is 8.66. The molecule has 1 aromatic carbocycles. The quantitative estimate of drug-likeness (QED) is 0.900. The van der Waals surface area contributed by atoms with Crippen LogP contribution in [0.3, 0.4) is 0 Å². The highest BCUT2D eigenvalue weighted by Gasteiger charge is 2.07. The van der Waals surface area contributed by atoms with Crippen LogP contribution in [0, 0.1) is 5.82 Å². The molecule has 2 rings (SSSR count). The van der Waals surface area contributed by atoms with E-state index in [-0.39, 0.29) is 5.82 Å². The van der Waals surface area contributed by atoms with Gasteiger partial charge in [0.15, 0.2) is 0 Å². The maximum atomic E-state index is 13.4. The molecule has 3 nitrogen and oxygen atoms in total. The normalized spacial score (nSPS) is 10.9. The minimum Gasteiger partial charge on any atom is -0.310 e. The summed E-state index contributed by atoms with van der Waals surface area (Å²) in [6.07, 6.45) is 4.86. The number of hydrogen-bond donors (Lipinski definition) is 1. The van der Waals surface area contributed by atoms with E-state index in [2.05, 4.69) is 29.1 Å². The molecular formula is C14H16FN3. The van der Waals surface area contributed by atoms with Gasteiger partial charge >= 0.3 is 0 Å². The van der Waals surface area contributed by atoms with Gasteiger partial charge in [-0.2, -0.15) is 0 Å². The molecule has 0 saturated heterocycles. The Morgan fingerprint density at radius 3 is 2.61 bits per heavy atom. The number of benzene rings is 1. The number of nitrogens with zero attached hydrogens (tertiary/aromatic N) is 2. The second-order valence-corrected chi connectivity index (χ2v) is 4.46. The molecular weight excluding hydrogens is 229 g/mol. The Kier molecular flexibility index (Phi) is 3.99. The predicted molar refractivity (Wildman–Crippen MR) is 69.4 cm³/mol. The van der Waals surface area contributed by atoms with E-state index >= 15 is 0 Å². The van der Waals surface area contributed by atoms with Gasteiger partial charge in [-0.05, 0) is 23.3 Å². The third-order valence-electron chi connectivity index (χ3n) is 2.64. The van der Waals surface area contributed by atoms with Crippen molar-refractivity contribution in [2.24, 2.45) is 0 Å². The predicted octanol–water partition coefficient (Wildman–Crippen LogP) is 2.78. The fourth-order valence-electron chi connectivity index (χ4n) is 1.72. The van der Waals surface area contributed by atoms with Gasteiger partial charge in [-0.15, -0.1) is 0 Å². The first-order valence-corrected chi connectivity index (χ1v) is 5.94. The number of rotatable bonds is 4. The smallest absolute Gasteiger partial charge is 0.123 e. The third-order valence-corrected chi connectivity index (χ3v) is 2.64. The first kappa shape index (κ1) is 12.6. The second kappa shape index (κ2) is 5.69. The van der Waals surface area contributed by atoms with Crippen LogP contribution < -0.4 is 5.32 Å². The van der Waals surface area contributed by atoms with E-state index in [1.54, 1.807) is 18.5 Å². The molecule has 0 unspecified atom stereocenters. The van der Waals surface area contributed by atoms with Crippen LogP contribution in [0.4, 0.5) is 4.39 Å². The summed E-state index contributed by atoms with van der Waals surface area (Å²) in [4.78, 5) is 7.95. The number of halogens is 1. The SMILES string of the molecule is CC(C)NCc1ccc(F)cc1-c1cncnc1. The van der Waals surface area contributed by atoms with Crippen molar-refractivity contribution in [2.75, 3.05) is 0 Å². The Morgan fingerprint density at radius 1 is 1.22 bits per heavy atom. The average Bonchev–Trinajstić information content (AvgIpc) is 2.38. The topological polar surface area (TPSA) is 37.8 Å². The van der Waals surface area contributed by atoms with Gasteiger partial charge in [0, 0.05) is 30.5 Å². The summed E-state index contributed by atoms with van der Waals surface area (Å²) in [5.41, 5.74) is 2.71. The van der Waals surface area contributed by atoms with Crippen LogP contribution in [-0.2, 0) is 6.54 Å². The summed E-state index contributed by atoms with van der Waals surface area (Å²) in [5.74, 6) is -0.248. The van der Waals surface area contributed by atoms with Crippen molar-refractivity contribution in [1.82, 2.24) is 15.3 Å². The molecule has 0 fully saturated rings. The molecule has 0 bridgehead atoms. The summed E-state index contributed by atoms with van der Waals surface area (Å²) in [6.45, 7) is 4.85. The minimum atomic E-state index is -0.248. The van der Waals surface area contributed by atoms with Gasteiger partial charge in [-0.25, -0.2) is 14.4 Å². The van der Waals surface area contributed by atoms with Crippen LogP contribution in [0.15, 0.2) is 36.9 Å². The second-order valence-electron chi connectivity index (χ2n) is 4.46. The first-order valence-electron chi connectivity index (χ1n) is 5.94. The average molecular weight is 245 g/mol. The van der Waals surface area contributed by atoms with Crippen LogP contribution in [0.2, 0.25) is 0 Å². The van der Waals surface area contributed by atoms with Crippen molar-refractivity contribution >= 4 is 0 Å². The van der Waals surface area contributed by atoms with Gasteiger partial charge in [0.25, 0.3) is 0 Å². The molecule has 0 amide bonds. The minimum absolute atomic E-state index is 0.248. The highest BCUT2D eigenvalue weighted by Crippen LogP contribution is 2.23. The molecule has 4 heteroatoms. The molecule has 0 atom stereocenters. The van der Waals surface area contributed by atoms with Crippen molar-refractivity contribution in [1.29, 1.82) is 0 Å². The largest absolute Gasteiger partial charge is 0.310 e. The van der Waals surface area contributed by atoms with Crippen LogP contribution in [0.1, 0.15) is 19.4 Å². The van der Waals surface area contributed by atoms with Gasteiger partial charge in [0.1, 0.15) is 12.1 Å². The van der Waals surface area contributed by atoms with E-state index in [1.165, 1.54) is 18.5 Å². The lowest BCUT2D eigenvalue weighted by atomic mass is 10.0. The molecule has 0 radical (unpaired) electrons. The van der Waals surface area contributed by atoms with Gasteiger partial charge in [0.2, 0.25) is 0 Å². The molecule has 0 saturated carbocycles. The van der Waals surface area contributed by atoms with Crippen LogP contribution in [-0.4, -0.2) is 16.0 Å². The number of aromatic nitrogens is 2. The highest BCUT2D eigenvalue weighted by molar-refractivity contribution is 5.65. The molecule has 94 valence electrons.